The van der Waals surface area contributed by atoms with Crippen LogP contribution in [0.1, 0.15) is 24.3 Å². The second kappa shape index (κ2) is 5.75. The van der Waals surface area contributed by atoms with Crippen LogP contribution in [0.25, 0.3) is 0 Å². The monoisotopic (exact) mass is 292 g/mol. The predicted molar refractivity (Wildman–Crippen MR) is 75.9 cm³/mol. The molecule has 1 aliphatic rings. The highest BCUT2D eigenvalue weighted by Gasteiger charge is 2.40. The summed E-state index contributed by atoms with van der Waals surface area (Å²) in [6, 6.07) is 1.92. The van der Waals surface area contributed by atoms with Crippen molar-refractivity contribution in [1.29, 1.82) is 0 Å². The second-order valence-electron chi connectivity index (χ2n) is 5.05. The summed E-state index contributed by atoms with van der Waals surface area (Å²) in [7, 11) is 0. The Balaban J connectivity index is 2.13. The Hall–Kier alpha value is -1.68. The van der Waals surface area contributed by atoms with Gasteiger partial charge in [-0.1, -0.05) is 11.8 Å². The van der Waals surface area contributed by atoms with Crippen molar-refractivity contribution in [1.82, 2.24) is 10.2 Å². The van der Waals surface area contributed by atoms with Gasteiger partial charge in [0.25, 0.3) is 0 Å². The van der Waals surface area contributed by atoms with Crippen LogP contribution in [0.15, 0.2) is 11.4 Å². The van der Waals surface area contributed by atoms with Gasteiger partial charge in [-0.05, 0) is 19.9 Å². The number of carbonyl (C=O) groups excluding carboxylic acids is 2. The lowest BCUT2D eigenvalue weighted by molar-refractivity contribution is -0.145. The van der Waals surface area contributed by atoms with Crippen LogP contribution in [0, 0.1) is 11.8 Å². The van der Waals surface area contributed by atoms with E-state index in [1.165, 1.54) is 11.3 Å². The molecule has 1 aromatic rings. The average molecular weight is 292 g/mol. The molecule has 1 fully saturated rings. The van der Waals surface area contributed by atoms with E-state index in [2.05, 4.69) is 17.2 Å². The van der Waals surface area contributed by atoms with Crippen LogP contribution in [-0.4, -0.2) is 40.5 Å². The quantitative estimate of drug-likeness (QED) is 0.609. The van der Waals surface area contributed by atoms with Crippen molar-refractivity contribution < 1.29 is 14.7 Å². The van der Waals surface area contributed by atoms with Gasteiger partial charge in [0.05, 0.1) is 12.1 Å². The highest BCUT2D eigenvalue weighted by molar-refractivity contribution is 7.10. The van der Waals surface area contributed by atoms with Gasteiger partial charge in [-0.3, -0.25) is 19.8 Å². The lowest BCUT2D eigenvalue weighted by atomic mass is 9.98. The number of rotatable bonds is 2. The van der Waals surface area contributed by atoms with Crippen molar-refractivity contribution in [3.8, 4) is 11.8 Å². The molecule has 106 valence electrons. The number of hydrogen-bond acceptors (Lipinski definition) is 5. The summed E-state index contributed by atoms with van der Waals surface area (Å²) in [6.45, 7) is 4.16. The number of thiophene rings is 1. The molecule has 6 heteroatoms. The van der Waals surface area contributed by atoms with Gasteiger partial charge in [-0.15, -0.1) is 11.3 Å². The summed E-state index contributed by atoms with van der Waals surface area (Å²) < 4.78 is 0. The number of hydrogen-bond donors (Lipinski definition) is 2. The average Bonchev–Trinajstić information content (AvgIpc) is 2.81. The van der Waals surface area contributed by atoms with E-state index in [4.69, 9.17) is 5.11 Å². The Morgan fingerprint density at radius 1 is 1.50 bits per heavy atom. The Labute approximate surface area is 121 Å². The fraction of sp³-hybridized carbons (Fsp3) is 0.429. The van der Waals surface area contributed by atoms with E-state index in [-0.39, 0.29) is 25.0 Å². The Morgan fingerprint density at radius 3 is 2.95 bits per heavy atom. The lowest BCUT2D eigenvalue weighted by Gasteiger charge is -2.39. The molecule has 2 rings (SSSR count). The van der Waals surface area contributed by atoms with Crippen LogP contribution in [0.4, 0.5) is 0 Å². The SMILES string of the molecule is CC1(C)C(=O)NC(=O)CN1Cc1cc(C#CCO)cs1. The van der Waals surface area contributed by atoms with Crippen molar-refractivity contribution in [3.05, 3.63) is 21.9 Å². The summed E-state index contributed by atoms with van der Waals surface area (Å²) >= 11 is 1.53. The number of aliphatic hydroxyl groups excluding tert-OH is 1. The third kappa shape index (κ3) is 3.07. The number of imide groups is 1. The fourth-order valence-electron chi connectivity index (χ4n) is 1.95. The Morgan fingerprint density at radius 2 is 2.25 bits per heavy atom. The molecule has 0 radical (unpaired) electrons. The maximum absolute atomic E-state index is 11.9. The van der Waals surface area contributed by atoms with Gasteiger partial charge in [0, 0.05) is 22.4 Å². The molecule has 0 aromatic carbocycles. The van der Waals surface area contributed by atoms with Crippen LogP contribution < -0.4 is 5.32 Å². The largest absolute Gasteiger partial charge is 0.384 e. The zero-order valence-corrected chi connectivity index (χ0v) is 12.2. The number of amides is 2. The molecule has 1 aromatic heterocycles. The molecule has 0 unspecified atom stereocenters. The first-order valence-electron chi connectivity index (χ1n) is 6.20. The van der Waals surface area contributed by atoms with Crippen molar-refractivity contribution in [2.45, 2.75) is 25.9 Å². The van der Waals surface area contributed by atoms with Crippen molar-refractivity contribution in [3.63, 3.8) is 0 Å². The lowest BCUT2D eigenvalue weighted by Crippen LogP contribution is -2.63. The summed E-state index contributed by atoms with van der Waals surface area (Å²) in [5, 5.41) is 12.9. The number of aliphatic hydroxyl groups is 1. The molecular formula is C14H16N2O3S. The second-order valence-corrected chi connectivity index (χ2v) is 6.05. The maximum Gasteiger partial charge on any atom is 0.246 e. The van der Waals surface area contributed by atoms with Crippen LogP contribution in [0.3, 0.4) is 0 Å². The first-order chi connectivity index (χ1) is 9.43. The molecule has 0 atom stereocenters. The minimum atomic E-state index is -0.713. The molecule has 0 bridgehead atoms. The summed E-state index contributed by atoms with van der Waals surface area (Å²) in [5.74, 6) is 4.88. The zero-order valence-electron chi connectivity index (χ0n) is 11.4. The van der Waals surface area contributed by atoms with E-state index >= 15 is 0 Å². The van der Waals surface area contributed by atoms with Gasteiger partial charge in [0.15, 0.2) is 0 Å². The summed E-state index contributed by atoms with van der Waals surface area (Å²) in [5.41, 5.74) is 0.124. The molecule has 0 saturated carbocycles. The molecule has 0 aliphatic carbocycles. The number of nitrogens with one attached hydrogen (secondary N) is 1. The fourth-order valence-corrected chi connectivity index (χ4v) is 2.78. The van der Waals surface area contributed by atoms with Crippen LogP contribution in [0.2, 0.25) is 0 Å². The molecule has 2 heterocycles. The van der Waals surface area contributed by atoms with E-state index < -0.39 is 5.54 Å². The minimum absolute atomic E-state index is 0.168. The third-order valence-corrected chi connectivity index (χ3v) is 4.17. The standard InChI is InChI=1S/C14H16N2O3S/c1-14(2)13(19)15-12(18)8-16(14)7-11-6-10(9-20-11)4-3-5-17/h6,9,17H,5,7-8H2,1-2H3,(H,15,18,19). The summed E-state index contributed by atoms with van der Waals surface area (Å²) in [4.78, 5) is 26.2. The number of carbonyl (C=O) groups is 2. The van der Waals surface area contributed by atoms with Gasteiger partial charge in [0.2, 0.25) is 11.8 Å². The topological polar surface area (TPSA) is 69.6 Å². The molecule has 2 amide bonds. The van der Waals surface area contributed by atoms with Gasteiger partial charge in [-0.2, -0.15) is 0 Å². The maximum atomic E-state index is 11.9. The van der Waals surface area contributed by atoms with Crippen LogP contribution in [-0.2, 0) is 16.1 Å². The van der Waals surface area contributed by atoms with Crippen LogP contribution >= 0.6 is 11.3 Å². The first kappa shape index (κ1) is 14.7. The van der Waals surface area contributed by atoms with Crippen molar-refractivity contribution in [2.24, 2.45) is 0 Å². The molecule has 1 aliphatic heterocycles. The van der Waals surface area contributed by atoms with Gasteiger partial charge in [-0.25, -0.2) is 0 Å². The highest BCUT2D eigenvalue weighted by Crippen LogP contribution is 2.24. The van der Waals surface area contributed by atoms with E-state index in [0.717, 1.165) is 10.4 Å². The van der Waals surface area contributed by atoms with Gasteiger partial charge < -0.3 is 5.11 Å². The van der Waals surface area contributed by atoms with E-state index in [0.29, 0.717) is 6.54 Å². The first-order valence-corrected chi connectivity index (χ1v) is 7.08. The smallest absolute Gasteiger partial charge is 0.246 e. The van der Waals surface area contributed by atoms with Gasteiger partial charge in [0.1, 0.15) is 6.61 Å². The minimum Gasteiger partial charge on any atom is -0.384 e. The van der Waals surface area contributed by atoms with E-state index in [1.54, 1.807) is 13.8 Å². The molecule has 1 saturated heterocycles. The van der Waals surface area contributed by atoms with E-state index in [9.17, 15) is 9.59 Å². The third-order valence-electron chi connectivity index (χ3n) is 3.25. The van der Waals surface area contributed by atoms with E-state index in [1.807, 2.05) is 16.3 Å². The molecule has 20 heavy (non-hydrogen) atoms. The highest BCUT2D eigenvalue weighted by atomic mass is 32.1. The number of piperazine rings is 1. The summed E-state index contributed by atoms with van der Waals surface area (Å²) in [6.07, 6.45) is 0. The molecule has 5 nitrogen and oxygen atoms in total. The normalized spacial score (nSPS) is 18.4. The van der Waals surface area contributed by atoms with Crippen molar-refractivity contribution >= 4 is 23.2 Å². The molecular weight excluding hydrogens is 276 g/mol. The van der Waals surface area contributed by atoms with Gasteiger partial charge >= 0.3 is 0 Å². The Kier molecular flexibility index (Phi) is 4.23. The molecule has 2 N–H and O–H groups in total. The predicted octanol–water partition coefficient (Wildman–Crippen LogP) is 0.329. The molecule has 0 spiro atoms. The van der Waals surface area contributed by atoms with Crippen molar-refractivity contribution in [2.75, 3.05) is 13.2 Å². The number of nitrogens with zero attached hydrogens (tertiary/aromatic N) is 1. The Bertz CT molecular complexity index is 595. The van der Waals surface area contributed by atoms with Crippen LogP contribution in [0.5, 0.6) is 0 Å². The zero-order chi connectivity index (χ0) is 14.8.